The van der Waals surface area contributed by atoms with Gasteiger partial charge in [0.2, 0.25) is 0 Å². The predicted octanol–water partition coefficient (Wildman–Crippen LogP) is 5.35. The molecule has 0 aromatic carbocycles. The Morgan fingerprint density at radius 2 is 1.79 bits per heavy atom. The molecule has 0 spiro atoms. The molecule has 4 rings (SSSR count). The lowest BCUT2D eigenvalue weighted by molar-refractivity contribution is -0.159. The molecule has 3 saturated carbocycles. The molecule has 4 aliphatic rings. The maximum atomic E-state index is 13.2. The van der Waals surface area contributed by atoms with Gasteiger partial charge in [0.05, 0.1) is 5.75 Å². The van der Waals surface area contributed by atoms with E-state index in [1.54, 1.807) is 11.8 Å². The van der Waals surface area contributed by atoms with E-state index >= 15 is 0 Å². The van der Waals surface area contributed by atoms with Gasteiger partial charge in [-0.2, -0.15) is 0 Å². The molecular formula is C25H38O3S. The minimum absolute atomic E-state index is 0.0295. The molecule has 162 valence electrons. The highest BCUT2D eigenvalue weighted by molar-refractivity contribution is 8.01. The van der Waals surface area contributed by atoms with E-state index in [1.165, 1.54) is 5.57 Å². The van der Waals surface area contributed by atoms with E-state index in [0.29, 0.717) is 42.1 Å². The summed E-state index contributed by atoms with van der Waals surface area (Å²) in [4.78, 5) is 25.2. The first-order valence-corrected chi connectivity index (χ1v) is 12.5. The Bertz CT molecular complexity index is 750. The largest absolute Gasteiger partial charge is 0.381 e. The average molecular weight is 419 g/mol. The van der Waals surface area contributed by atoms with Crippen molar-refractivity contribution in [3.05, 3.63) is 11.6 Å². The number of ketones is 2. The van der Waals surface area contributed by atoms with Gasteiger partial charge in [0.25, 0.3) is 0 Å². The molecule has 0 aromatic heterocycles. The van der Waals surface area contributed by atoms with Crippen molar-refractivity contribution in [2.75, 3.05) is 5.75 Å². The topological polar surface area (TPSA) is 54.4 Å². The zero-order valence-corrected chi connectivity index (χ0v) is 19.7. The lowest BCUT2D eigenvalue weighted by Gasteiger charge is -2.58. The third-order valence-electron chi connectivity index (χ3n) is 9.21. The van der Waals surface area contributed by atoms with Crippen LogP contribution >= 0.6 is 11.8 Å². The standard InChI is InChI=1S/C25H38O3S/c1-22(2,3)29-15-21(27)25(28)13-10-20-18-7-6-16-14-17(26)8-11-23(16,4)19(18)9-12-24(20,25)5/h14,18-20,28H,6-13,15H2,1-5H3/t18-,19+,20+,23+,24+,25+/m1/s1. The van der Waals surface area contributed by atoms with E-state index in [9.17, 15) is 14.7 Å². The molecule has 4 aliphatic carbocycles. The maximum absolute atomic E-state index is 13.2. The SMILES string of the molecule is CC(C)(C)SCC(=O)[C@@]1(O)CC[C@H]2[C@@H]3CCC4=CC(=O)CC[C@]4(C)[C@H]3CC[C@@]21C. The van der Waals surface area contributed by atoms with Crippen molar-refractivity contribution in [3.8, 4) is 0 Å². The minimum atomic E-state index is -1.17. The molecule has 6 atom stereocenters. The molecule has 0 heterocycles. The lowest BCUT2D eigenvalue weighted by Crippen LogP contribution is -2.58. The molecule has 0 radical (unpaired) electrons. The minimum Gasteiger partial charge on any atom is -0.381 e. The normalized spacial score (nSPS) is 44.6. The Kier molecular flexibility index (Phi) is 5.18. The summed E-state index contributed by atoms with van der Waals surface area (Å²) in [6, 6.07) is 0. The fourth-order valence-corrected chi connectivity index (χ4v) is 8.24. The number of carbonyl (C=O) groups is 2. The van der Waals surface area contributed by atoms with Crippen LogP contribution in [0.2, 0.25) is 0 Å². The fourth-order valence-electron chi connectivity index (χ4n) is 7.43. The third-order valence-corrected chi connectivity index (χ3v) is 10.5. The van der Waals surface area contributed by atoms with E-state index < -0.39 is 5.60 Å². The van der Waals surface area contributed by atoms with Crippen LogP contribution in [0.3, 0.4) is 0 Å². The number of allylic oxidation sites excluding steroid dienone is 1. The first-order valence-electron chi connectivity index (χ1n) is 11.5. The van der Waals surface area contributed by atoms with Gasteiger partial charge in [-0.15, -0.1) is 11.8 Å². The van der Waals surface area contributed by atoms with Crippen molar-refractivity contribution in [1.82, 2.24) is 0 Å². The molecular weight excluding hydrogens is 380 g/mol. The molecule has 3 nitrogen and oxygen atoms in total. The van der Waals surface area contributed by atoms with Crippen molar-refractivity contribution in [3.63, 3.8) is 0 Å². The van der Waals surface area contributed by atoms with Crippen molar-refractivity contribution in [2.24, 2.45) is 28.6 Å². The second-order valence-electron chi connectivity index (χ2n) is 11.6. The molecule has 3 fully saturated rings. The Morgan fingerprint density at radius 3 is 2.48 bits per heavy atom. The van der Waals surface area contributed by atoms with E-state index in [1.807, 2.05) is 6.08 Å². The molecule has 1 N–H and O–H groups in total. The number of aliphatic hydroxyl groups is 1. The predicted molar refractivity (Wildman–Crippen MR) is 119 cm³/mol. The van der Waals surface area contributed by atoms with Crippen LogP contribution in [-0.4, -0.2) is 32.8 Å². The Hall–Kier alpha value is -0.610. The molecule has 0 aromatic rings. The smallest absolute Gasteiger partial charge is 0.174 e. The highest BCUT2D eigenvalue weighted by Gasteiger charge is 2.66. The Labute approximate surface area is 180 Å². The van der Waals surface area contributed by atoms with Gasteiger partial charge in [-0.3, -0.25) is 9.59 Å². The number of fused-ring (bicyclic) bond motifs is 5. The van der Waals surface area contributed by atoms with Crippen LogP contribution in [0.5, 0.6) is 0 Å². The second kappa shape index (κ2) is 6.95. The second-order valence-corrected chi connectivity index (χ2v) is 13.5. The van der Waals surface area contributed by atoms with Crippen molar-refractivity contribution in [2.45, 2.75) is 96.3 Å². The van der Waals surface area contributed by atoms with Gasteiger partial charge in [-0.25, -0.2) is 0 Å². The summed E-state index contributed by atoms with van der Waals surface area (Å²) in [6.45, 7) is 11.0. The van der Waals surface area contributed by atoms with Crippen molar-refractivity contribution < 1.29 is 14.7 Å². The fraction of sp³-hybridized carbons (Fsp3) is 0.840. The molecule has 4 heteroatoms. The summed E-state index contributed by atoms with van der Waals surface area (Å²) < 4.78 is 0.0295. The van der Waals surface area contributed by atoms with Gasteiger partial charge in [-0.1, -0.05) is 40.2 Å². The molecule has 0 bridgehead atoms. The highest BCUT2D eigenvalue weighted by atomic mass is 32.2. The van der Waals surface area contributed by atoms with Gasteiger partial charge in [0.1, 0.15) is 5.60 Å². The van der Waals surface area contributed by atoms with Crippen LogP contribution < -0.4 is 0 Å². The first kappa shape index (κ1) is 21.6. The van der Waals surface area contributed by atoms with Crippen LogP contribution in [-0.2, 0) is 9.59 Å². The van der Waals surface area contributed by atoms with Gasteiger partial charge in [0, 0.05) is 16.6 Å². The summed E-state index contributed by atoms with van der Waals surface area (Å²) in [7, 11) is 0. The van der Waals surface area contributed by atoms with Crippen LogP contribution in [0.15, 0.2) is 11.6 Å². The van der Waals surface area contributed by atoms with E-state index in [4.69, 9.17) is 0 Å². The number of thioether (sulfide) groups is 1. The number of hydrogen-bond donors (Lipinski definition) is 1. The molecule has 29 heavy (non-hydrogen) atoms. The highest BCUT2D eigenvalue weighted by Crippen LogP contribution is 2.67. The lowest BCUT2D eigenvalue weighted by atomic mass is 9.46. The summed E-state index contributed by atoms with van der Waals surface area (Å²) in [6.07, 6.45) is 9.33. The van der Waals surface area contributed by atoms with Crippen molar-refractivity contribution in [1.29, 1.82) is 0 Å². The van der Waals surface area contributed by atoms with E-state index in [0.717, 1.165) is 38.5 Å². The van der Waals surface area contributed by atoms with E-state index in [-0.39, 0.29) is 21.4 Å². The number of rotatable bonds is 3. The van der Waals surface area contributed by atoms with Crippen LogP contribution in [0, 0.1) is 28.6 Å². The summed E-state index contributed by atoms with van der Waals surface area (Å²) in [5, 5.41) is 11.7. The molecule has 0 aliphatic heterocycles. The third kappa shape index (κ3) is 3.28. The number of hydrogen-bond acceptors (Lipinski definition) is 4. The zero-order valence-electron chi connectivity index (χ0n) is 18.8. The van der Waals surface area contributed by atoms with Gasteiger partial charge < -0.3 is 5.11 Å². The average Bonchev–Trinajstić information content (AvgIpc) is 2.92. The first-order chi connectivity index (χ1) is 13.4. The summed E-state index contributed by atoms with van der Waals surface area (Å²) in [5.41, 5.74) is 0.0569. The monoisotopic (exact) mass is 418 g/mol. The van der Waals surface area contributed by atoms with Crippen LogP contribution in [0.1, 0.15) is 86.0 Å². The molecule has 0 unspecified atom stereocenters. The molecule has 0 amide bonds. The summed E-state index contributed by atoms with van der Waals surface area (Å²) in [5.74, 6) is 2.34. The zero-order chi connectivity index (χ0) is 21.2. The van der Waals surface area contributed by atoms with Gasteiger partial charge in [0.15, 0.2) is 11.6 Å². The van der Waals surface area contributed by atoms with Gasteiger partial charge >= 0.3 is 0 Å². The Morgan fingerprint density at radius 1 is 1.10 bits per heavy atom. The van der Waals surface area contributed by atoms with Crippen LogP contribution in [0.25, 0.3) is 0 Å². The Balaban J connectivity index is 1.58. The quantitative estimate of drug-likeness (QED) is 0.671. The maximum Gasteiger partial charge on any atom is 0.174 e. The summed E-state index contributed by atoms with van der Waals surface area (Å²) >= 11 is 1.65. The van der Waals surface area contributed by atoms with Crippen LogP contribution in [0.4, 0.5) is 0 Å². The van der Waals surface area contributed by atoms with Gasteiger partial charge in [-0.05, 0) is 74.2 Å². The van der Waals surface area contributed by atoms with Crippen molar-refractivity contribution >= 4 is 23.3 Å². The number of Topliss-reactive ketones (excluding diaryl/α,β-unsaturated/α-hetero) is 1. The van der Waals surface area contributed by atoms with E-state index in [2.05, 4.69) is 34.6 Å². The molecule has 0 saturated heterocycles. The number of carbonyl (C=O) groups excluding carboxylic acids is 2.